The van der Waals surface area contributed by atoms with Gasteiger partial charge >= 0.3 is 0 Å². The molecule has 2 heteroatoms. The number of aliphatic imine (C=N–C) groups is 1. The molecule has 4 unspecified atom stereocenters. The minimum absolute atomic E-state index is 0.285. The van der Waals surface area contributed by atoms with Gasteiger partial charge in [-0.2, -0.15) is 0 Å². The van der Waals surface area contributed by atoms with Crippen LogP contribution in [0, 0.1) is 17.8 Å². The molecule has 5 rings (SSSR count). The van der Waals surface area contributed by atoms with Crippen molar-refractivity contribution in [1.29, 1.82) is 0 Å². The molecule has 33 heavy (non-hydrogen) atoms. The number of hydrogen-bond acceptors (Lipinski definition) is 2. The summed E-state index contributed by atoms with van der Waals surface area (Å²) in [5.41, 5.74) is 6.54. The summed E-state index contributed by atoms with van der Waals surface area (Å²) < 4.78 is 0. The number of fused-ring (bicyclic) bond motifs is 1. The molecule has 2 aromatic rings. The van der Waals surface area contributed by atoms with Crippen LogP contribution in [-0.2, 0) is 17.6 Å². The summed E-state index contributed by atoms with van der Waals surface area (Å²) in [6, 6.07) is 18.9. The highest BCUT2D eigenvalue weighted by Gasteiger charge is 2.31. The normalized spacial score (nSPS) is 26.8. The molecule has 0 spiro atoms. The van der Waals surface area contributed by atoms with Gasteiger partial charge in [0, 0.05) is 30.7 Å². The molecule has 0 amide bonds. The number of allylic oxidation sites excluding steroid dienone is 4. The van der Waals surface area contributed by atoms with Gasteiger partial charge in [-0.3, -0.25) is 9.79 Å². The Morgan fingerprint density at radius 1 is 0.909 bits per heavy atom. The molecular weight excluding hydrogens is 402 g/mol. The molecule has 0 aromatic heterocycles. The van der Waals surface area contributed by atoms with E-state index in [1.165, 1.54) is 55.4 Å². The maximum absolute atomic E-state index is 12.7. The van der Waals surface area contributed by atoms with Crippen LogP contribution in [0.5, 0.6) is 0 Å². The molecule has 170 valence electrons. The van der Waals surface area contributed by atoms with Gasteiger partial charge in [0.25, 0.3) is 0 Å². The first kappa shape index (κ1) is 22.1. The third-order valence-corrected chi connectivity index (χ3v) is 7.71. The standard InChI is InChI=1S/C31H35NO/c1-22-16-27-13-7-15-30(27)31(32-21-22)28-14-6-12-26(20-28)25-11-5-10-24(17-25)19-29(33)18-23-8-3-2-4-9-23/h2-5,7-11,15,17,21-22,26-28H,6,12-14,16,18-20H2,1H3. The van der Waals surface area contributed by atoms with Crippen LogP contribution in [0.15, 0.2) is 83.0 Å². The number of carbonyl (C=O) groups is 1. The van der Waals surface area contributed by atoms with Gasteiger partial charge in [-0.25, -0.2) is 0 Å². The SMILES string of the molecule is CC1C=NC(C2CCCC(c3cccc(CC(=O)Cc4ccccc4)c3)C2)=C2C=CCC2C1. The Morgan fingerprint density at radius 3 is 2.58 bits per heavy atom. The van der Waals surface area contributed by atoms with Crippen molar-refractivity contribution >= 4 is 12.0 Å². The zero-order valence-corrected chi connectivity index (χ0v) is 19.7. The van der Waals surface area contributed by atoms with Gasteiger partial charge in [-0.15, -0.1) is 0 Å². The second kappa shape index (κ2) is 10.0. The quantitative estimate of drug-likeness (QED) is 0.468. The van der Waals surface area contributed by atoms with Crippen LogP contribution in [0.1, 0.15) is 68.1 Å². The van der Waals surface area contributed by atoms with Crippen molar-refractivity contribution in [2.45, 2.75) is 64.2 Å². The van der Waals surface area contributed by atoms with E-state index in [9.17, 15) is 4.79 Å². The number of Topliss-reactive ketones (excluding diaryl/α,β-unsaturated/α-hetero) is 1. The number of benzene rings is 2. The minimum atomic E-state index is 0.285. The van der Waals surface area contributed by atoms with Gasteiger partial charge in [0.1, 0.15) is 5.78 Å². The van der Waals surface area contributed by atoms with Crippen molar-refractivity contribution < 1.29 is 4.79 Å². The van der Waals surface area contributed by atoms with Crippen LogP contribution in [-0.4, -0.2) is 12.0 Å². The third-order valence-electron chi connectivity index (χ3n) is 7.71. The van der Waals surface area contributed by atoms with Crippen molar-refractivity contribution in [2.75, 3.05) is 0 Å². The Labute approximate surface area is 198 Å². The van der Waals surface area contributed by atoms with E-state index in [1.54, 1.807) is 0 Å². The molecule has 2 nitrogen and oxygen atoms in total. The van der Waals surface area contributed by atoms with E-state index in [0.717, 1.165) is 11.1 Å². The summed E-state index contributed by atoms with van der Waals surface area (Å²) in [6.07, 6.45) is 15.3. The largest absolute Gasteiger partial charge is 0.299 e. The van der Waals surface area contributed by atoms with Crippen LogP contribution in [0.3, 0.4) is 0 Å². The molecule has 1 fully saturated rings. The molecule has 2 aromatic carbocycles. The Balaban J connectivity index is 1.29. The predicted octanol–water partition coefficient (Wildman–Crippen LogP) is 7.26. The van der Waals surface area contributed by atoms with Crippen LogP contribution in [0.4, 0.5) is 0 Å². The summed E-state index contributed by atoms with van der Waals surface area (Å²) in [6.45, 7) is 2.30. The smallest absolute Gasteiger partial charge is 0.141 e. The maximum atomic E-state index is 12.7. The van der Waals surface area contributed by atoms with Crippen molar-refractivity contribution in [3.63, 3.8) is 0 Å². The fourth-order valence-electron chi connectivity index (χ4n) is 6.08. The summed E-state index contributed by atoms with van der Waals surface area (Å²) in [5.74, 6) is 2.62. The van der Waals surface area contributed by atoms with Crippen LogP contribution in [0.25, 0.3) is 0 Å². The molecule has 1 heterocycles. The first-order valence-corrected chi connectivity index (χ1v) is 12.7. The van der Waals surface area contributed by atoms with E-state index < -0.39 is 0 Å². The summed E-state index contributed by atoms with van der Waals surface area (Å²) in [7, 11) is 0. The molecular formula is C31H35NO. The second-order valence-electron chi connectivity index (χ2n) is 10.4. The van der Waals surface area contributed by atoms with Crippen LogP contribution >= 0.6 is 0 Å². The van der Waals surface area contributed by atoms with Gasteiger partial charge in [0.15, 0.2) is 0 Å². The fraction of sp³-hybridized carbons (Fsp3) is 0.419. The highest BCUT2D eigenvalue weighted by atomic mass is 16.1. The zero-order chi connectivity index (χ0) is 22.6. The van der Waals surface area contributed by atoms with E-state index in [1.807, 2.05) is 30.3 Å². The number of rotatable bonds is 6. The average molecular weight is 438 g/mol. The third kappa shape index (κ3) is 5.27. The topological polar surface area (TPSA) is 29.4 Å². The lowest BCUT2D eigenvalue weighted by Crippen LogP contribution is -2.17. The number of nitrogens with zero attached hydrogens (tertiary/aromatic N) is 1. The Morgan fingerprint density at radius 2 is 1.70 bits per heavy atom. The number of ketones is 1. The fourth-order valence-corrected chi connectivity index (χ4v) is 6.08. The summed E-state index contributed by atoms with van der Waals surface area (Å²) in [5, 5.41) is 0. The van der Waals surface area contributed by atoms with Crippen molar-refractivity contribution in [3.8, 4) is 0 Å². The van der Waals surface area contributed by atoms with Crippen LogP contribution in [0.2, 0.25) is 0 Å². The summed E-state index contributed by atoms with van der Waals surface area (Å²) >= 11 is 0. The van der Waals surface area contributed by atoms with Crippen LogP contribution < -0.4 is 0 Å². The lowest BCUT2D eigenvalue weighted by atomic mass is 9.75. The minimum Gasteiger partial charge on any atom is -0.299 e. The van der Waals surface area contributed by atoms with Gasteiger partial charge in [0.05, 0.1) is 0 Å². The molecule has 0 radical (unpaired) electrons. The van der Waals surface area contributed by atoms with Gasteiger partial charge in [-0.1, -0.05) is 80.1 Å². The Bertz CT molecular complexity index is 1080. The zero-order valence-electron chi connectivity index (χ0n) is 19.7. The van der Waals surface area contributed by atoms with Gasteiger partial charge in [-0.05, 0) is 72.1 Å². The molecule has 0 bridgehead atoms. The molecule has 0 saturated heterocycles. The van der Waals surface area contributed by atoms with Gasteiger partial charge in [0.2, 0.25) is 0 Å². The van der Waals surface area contributed by atoms with Gasteiger partial charge < -0.3 is 0 Å². The lowest BCUT2D eigenvalue weighted by Gasteiger charge is -2.31. The Hall–Kier alpha value is -2.74. The predicted molar refractivity (Wildman–Crippen MR) is 137 cm³/mol. The molecule has 4 atom stereocenters. The van der Waals surface area contributed by atoms with E-state index in [0.29, 0.717) is 36.5 Å². The molecule has 2 aliphatic carbocycles. The highest BCUT2D eigenvalue weighted by Crippen LogP contribution is 2.44. The van der Waals surface area contributed by atoms with E-state index in [2.05, 4.69) is 49.6 Å². The molecule has 0 N–H and O–H groups in total. The first-order valence-electron chi connectivity index (χ1n) is 12.7. The maximum Gasteiger partial charge on any atom is 0.141 e. The average Bonchev–Trinajstić information content (AvgIpc) is 3.21. The Kier molecular flexibility index (Phi) is 6.71. The first-order chi connectivity index (χ1) is 16.2. The van der Waals surface area contributed by atoms with E-state index >= 15 is 0 Å². The molecule has 3 aliphatic rings. The number of carbonyl (C=O) groups excluding carboxylic acids is 1. The summed E-state index contributed by atoms with van der Waals surface area (Å²) in [4.78, 5) is 17.7. The van der Waals surface area contributed by atoms with Crippen molar-refractivity contribution in [3.05, 3.63) is 94.7 Å². The molecule has 1 saturated carbocycles. The van der Waals surface area contributed by atoms with Crippen molar-refractivity contribution in [2.24, 2.45) is 22.7 Å². The van der Waals surface area contributed by atoms with E-state index in [-0.39, 0.29) is 5.78 Å². The lowest BCUT2D eigenvalue weighted by molar-refractivity contribution is -0.117. The highest BCUT2D eigenvalue weighted by molar-refractivity contribution is 5.83. The second-order valence-corrected chi connectivity index (χ2v) is 10.4. The monoisotopic (exact) mass is 437 g/mol. The van der Waals surface area contributed by atoms with E-state index in [4.69, 9.17) is 4.99 Å². The molecule has 1 aliphatic heterocycles. The van der Waals surface area contributed by atoms with Crippen molar-refractivity contribution in [1.82, 2.24) is 0 Å². The number of hydrogen-bond donors (Lipinski definition) is 0.